The molecule has 0 fully saturated rings. The van der Waals surface area contributed by atoms with Gasteiger partial charge in [0.15, 0.2) is 6.10 Å². The van der Waals surface area contributed by atoms with E-state index in [1.54, 1.807) is 0 Å². The molecule has 0 heterocycles. The van der Waals surface area contributed by atoms with Gasteiger partial charge in [0.05, 0.1) is 26.4 Å². The smallest absolute Gasteiger partial charge is 0.463 e. The van der Waals surface area contributed by atoms with Crippen LogP contribution in [-0.4, -0.2) is 95.9 Å². The first-order chi connectivity index (χ1) is 43.2. The van der Waals surface area contributed by atoms with Gasteiger partial charge in [-0.25, -0.2) is 9.13 Å². The standard InChI is InChI=1S/C71H122O16P2/c1-4-7-10-13-16-19-22-25-28-29-30-31-32-33-34-35-38-40-42-45-48-51-54-57-69(74)81-60-66(72)61-83-88(77,78)84-62-67(73)63-85-89(79,80)86-65-68(87-71(76)59-56-53-50-47-44-41-37-27-24-21-18-15-12-9-6-3)64-82-70(75)58-55-52-49-46-43-39-36-26-23-20-17-14-11-8-5-2/h7-8,10-11,16-17,19-20,25-28,30-31,33-34,36-37,66-68,72-73H,4-6,9,12-15,18,21-24,29,32,35,38-65H2,1-3H3,(H,77,78)(H,79,80)/b10-7-,11-8-,19-16-,20-17-,28-25-,31-30-,34-33-,36-26-,37-27-. The number of aliphatic hydroxyl groups is 2. The summed E-state index contributed by atoms with van der Waals surface area (Å²) in [5.74, 6) is -1.61. The normalized spacial score (nSPS) is 14.9. The molecule has 0 aliphatic carbocycles. The van der Waals surface area contributed by atoms with E-state index >= 15 is 0 Å². The van der Waals surface area contributed by atoms with Crippen molar-refractivity contribution in [2.75, 3.05) is 39.6 Å². The predicted octanol–water partition coefficient (Wildman–Crippen LogP) is 18.9. The molecule has 5 unspecified atom stereocenters. The third kappa shape index (κ3) is 65.5. The Balaban J connectivity index is 4.62. The molecular formula is C71H122O16P2. The third-order valence-corrected chi connectivity index (χ3v) is 15.9. The number of phosphoric ester groups is 2. The van der Waals surface area contributed by atoms with Crippen molar-refractivity contribution in [1.82, 2.24) is 0 Å². The first-order valence-electron chi connectivity index (χ1n) is 34.2. The number of aliphatic hydroxyl groups excluding tert-OH is 2. The number of carbonyl (C=O) groups is 3. The highest BCUT2D eigenvalue weighted by Gasteiger charge is 2.29. The van der Waals surface area contributed by atoms with Crippen LogP contribution in [0.15, 0.2) is 109 Å². The molecule has 0 amide bonds. The zero-order valence-corrected chi connectivity index (χ0v) is 57.1. The zero-order valence-electron chi connectivity index (χ0n) is 55.3. The first-order valence-corrected chi connectivity index (χ1v) is 37.2. The van der Waals surface area contributed by atoms with E-state index in [0.717, 1.165) is 167 Å². The molecule has 0 aromatic carbocycles. The molecule has 0 saturated heterocycles. The average molecular weight is 1290 g/mol. The van der Waals surface area contributed by atoms with Crippen molar-refractivity contribution >= 4 is 33.6 Å². The minimum atomic E-state index is -4.93. The van der Waals surface area contributed by atoms with Crippen LogP contribution in [0.25, 0.3) is 0 Å². The van der Waals surface area contributed by atoms with Crippen molar-refractivity contribution in [2.24, 2.45) is 0 Å². The number of phosphoric acid groups is 2. The van der Waals surface area contributed by atoms with Crippen LogP contribution < -0.4 is 0 Å². The van der Waals surface area contributed by atoms with Crippen LogP contribution >= 0.6 is 15.6 Å². The van der Waals surface area contributed by atoms with Gasteiger partial charge in [-0.05, 0) is 122 Å². The summed E-state index contributed by atoms with van der Waals surface area (Å²) in [5.41, 5.74) is 0. The molecular weight excluding hydrogens is 1170 g/mol. The number of hydrogen-bond donors (Lipinski definition) is 4. The van der Waals surface area contributed by atoms with E-state index in [0.29, 0.717) is 19.3 Å². The Morgan fingerprint density at radius 3 is 0.955 bits per heavy atom. The van der Waals surface area contributed by atoms with Gasteiger partial charge in [0, 0.05) is 19.3 Å². The number of carbonyl (C=O) groups excluding carboxylic acids is 3. The fourth-order valence-electron chi connectivity index (χ4n) is 8.78. The number of unbranched alkanes of at least 4 members (excludes halogenated alkanes) is 23. The monoisotopic (exact) mass is 1290 g/mol. The summed E-state index contributed by atoms with van der Waals surface area (Å²) in [6.45, 7) is 2.39. The molecule has 0 saturated carbocycles. The van der Waals surface area contributed by atoms with Gasteiger partial charge in [0.2, 0.25) is 0 Å². The summed E-state index contributed by atoms with van der Waals surface area (Å²) in [4.78, 5) is 58.3. The van der Waals surface area contributed by atoms with E-state index < -0.39 is 91.5 Å². The van der Waals surface area contributed by atoms with E-state index in [2.05, 4.69) is 130 Å². The van der Waals surface area contributed by atoms with Crippen molar-refractivity contribution < 1.29 is 75.8 Å². The van der Waals surface area contributed by atoms with Crippen LogP contribution in [0.5, 0.6) is 0 Å². The average Bonchev–Trinajstić information content (AvgIpc) is 3.65. The zero-order chi connectivity index (χ0) is 65.3. The third-order valence-electron chi connectivity index (χ3n) is 14.0. The van der Waals surface area contributed by atoms with Crippen LogP contribution in [0, 0.1) is 0 Å². The number of hydrogen-bond acceptors (Lipinski definition) is 14. The maximum atomic E-state index is 12.9. The highest BCUT2D eigenvalue weighted by molar-refractivity contribution is 7.47. The molecule has 4 N–H and O–H groups in total. The Morgan fingerprint density at radius 2 is 0.596 bits per heavy atom. The molecule has 0 aliphatic rings. The van der Waals surface area contributed by atoms with Crippen molar-refractivity contribution in [3.05, 3.63) is 109 Å². The minimum Gasteiger partial charge on any atom is -0.463 e. The molecule has 18 heteroatoms. The topological polar surface area (TPSA) is 231 Å². The predicted molar refractivity (Wildman–Crippen MR) is 362 cm³/mol. The maximum Gasteiger partial charge on any atom is 0.472 e. The van der Waals surface area contributed by atoms with Crippen LogP contribution in [-0.2, 0) is 55.8 Å². The second-order valence-electron chi connectivity index (χ2n) is 22.6. The van der Waals surface area contributed by atoms with E-state index in [4.69, 9.17) is 32.3 Å². The van der Waals surface area contributed by atoms with Gasteiger partial charge in [-0.15, -0.1) is 0 Å². The molecule has 16 nitrogen and oxygen atoms in total. The number of allylic oxidation sites excluding steroid dienone is 18. The minimum absolute atomic E-state index is 0.0895. The highest BCUT2D eigenvalue weighted by atomic mass is 31.2. The summed E-state index contributed by atoms with van der Waals surface area (Å²) in [6.07, 6.45) is 71.4. The van der Waals surface area contributed by atoms with Gasteiger partial charge < -0.3 is 34.2 Å². The molecule has 0 rings (SSSR count). The summed E-state index contributed by atoms with van der Waals surface area (Å²) in [5, 5.41) is 20.5. The Kier molecular flexibility index (Phi) is 61.6. The van der Waals surface area contributed by atoms with Crippen LogP contribution in [0.4, 0.5) is 0 Å². The van der Waals surface area contributed by atoms with Crippen molar-refractivity contribution in [3.8, 4) is 0 Å². The van der Waals surface area contributed by atoms with Gasteiger partial charge in [-0.2, -0.15) is 0 Å². The lowest BCUT2D eigenvalue weighted by Crippen LogP contribution is -2.30. The van der Waals surface area contributed by atoms with E-state index in [-0.39, 0.29) is 19.3 Å². The lowest BCUT2D eigenvalue weighted by Gasteiger charge is -2.21. The number of esters is 3. The Bertz CT molecular complexity index is 2060. The number of rotatable bonds is 64. The highest BCUT2D eigenvalue weighted by Crippen LogP contribution is 2.45. The maximum absolute atomic E-state index is 12.9. The van der Waals surface area contributed by atoms with Crippen molar-refractivity contribution in [2.45, 2.75) is 283 Å². The first kappa shape index (κ1) is 85.2. The quantitative estimate of drug-likeness (QED) is 0.0146. The molecule has 0 bridgehead atoms. The second-order valence-corrected chi connectivity index (χ2v) is 25.5. The van der Waals surface area contributed by atoms with Crippen LogP contribution in [0.2, 0.25) is 0 Å². The van der Waals surface area contributed by atoms with Crippen molar-refractivity contribution in [1.29, 1.82) is 0 Å². The fraction of sp³-hybridized carbons (Fsp3) is 0.704. The molecule has 0 aliphatic heterocycles. The van der Waals surface area contributed by atoms with E-state index in [9.17, 15) is 43.5 Å². The molecule has 0 spiro atoms. The van der Waals surface area contributed by atoms with E-state index in [1.807, 2.05) is 0 Å². The Labute approximate surface area is 539 Å². The van der Waals surface area contributed by atoms with Gasteiger partial charge in [0.25, 0.3) is 0 Å². The van der Waals surface area contributed by atoms with Crippen molar-refractivity contribution in [3.63, 3.8) is 0 Å². The summed E-state index contributed by atoms with van der Waals surface area (Å²) in [7, 11) is -9.78. The van der Waals surface area contributed by atoms with Crippen LogP contribution in [0.1, 0.15) is 265 Å². The summed E-state index contributed by atoms with van der Waals surface area (Å²) < 4.78 is 60.8. The van der Waals surface area contributed by atoms with E-state index in [1.165, 1.54) is 38.5 Å². The molecule has 89 heavy (non-hydrogen) atoms. The second kappa shape index (κ2) is 64.3. The lowest BCUT2D eigenvalue weighted by molar-refractivity contribution is -0.161. The fourth-order valence-corrected chi connectivity index (χ4v) is 10.4. The molecule has 0 radical (unpaired) electrons. The van der Waals surface area contributed by atoms with Gasteiger partial charge in [0.1, 0.15) is 25.4 Å². The molecule has 5 atom stereocenters. The Hall–Kier alpha value is -3.79. The largest absolute Gasteiger partial charge is 0.472 e. The molecule has 512 valence electrons. The SMILES string of the molecule is CC/C=C\C/C=C\C/C=C\C/C=C\C/C=C\CCCCCCCCCC(=O)OCC(O)COP(=O)(O)OCC(O)COP(=O)(O)OCC(COC(=O)CCCCCCC/C=C\C/C=C\C/C=C\CC)OC(=O)CCCCCCC/C=C\CCCCCCCC. The molecule has 0 aromatic heterocycles. The lowest BCUT2D eigenvalue weighted by atomic mass is 10.1. The van der Waals surface area contributed by atoms with Gasteiger partial charge >= 0.3 is 33.6 Å². The van der Waals surface area contributed by atoms with Gasteiger partial charge in [-0.3, -0.25) is 32.5 Å². The van der Waals surface area contributed by atoms with Gasteiger partial charge in [-0.1, -0.05) is 233 Å². The number of ether oxygens (including phenoxy) is 3. The molecule has 0 aromatic rings. The van der Waals surface area contributed by atoms with Crippen LogP contribution in [0.3, 0.4) is 0 Å². The summed E-state index contributed by atoms with van der Waals surface area (Å²) in [6, 6.07) is 0. The summed E-state index contributed by atoms with van der Waals surface area (Å²) >= 11 is 0. The Morgan fingerprint density at radius 1 is 0.326 bits per heavy atom.